The molecule has 5 nitrogen and oxygen atoms in total. The van der Waals surface area contributed by atoms with Crippen LogP contribution in [0.25, 0.3) is 0 Å². The molecule has 0 saturated heterocycles. The molecule has 18 heavy (non-hydrogen) atoms. The normalized spacial score (nSPS) is 17.2. The van der Waals surface area contributed by atoms with Crippen molar-refractivity contribution in [1.82, 2.24) is 5.32 Å². The van der Waals surface area contributed by atoms with Gasteiger partial charge in [-0.25, -0.2) is 0 Å². The van der Waals surface area contributed by atoms with E-state index in [1.54, 1.807) is 0 Å². The molecule has 0 spiro atoms. The van der Waals surface area contributed by atoms with Crippen LogP contribution in [0.1, 0.15) is 24.8 Å². The molecule has 0 aromatic heterocycles. The molecule has 0 amide bonds. The molecule has 6 heteroatoms. The Kier molecular flexibility index (Phi) is 3.58. The molecule has 1 aromatic rings. The van der Waals surface area contributed by atoms with Gasteiger partial charge in [-0.2, -0.15) is 4.39 Å². The minimum atomic E-state index is -0.828. The van der Waals surface area contributed by atoms with Crippen molar-refractivity contribution >= 4 is 5.69 Å². The quantitative estimate of drug-likeness (QED) is 0.620. The maximum absolute atomic E-state index is 13.4. The van der Waals surface area contributed by atoms with Gasteiger partial charge in [-0.05, 0) is 30.9 Å². The van der Waals surface area contributed by atoms with Gasteiger partial charge in [-0.1, -0.05) is 6.07 Å². The molecule has 0 bridgehead atoms. The van der Waals surface area contributed by atoms with Gasteiger partial charge in [0.05, 0.1) is 11.5 Å². The van der Waals surface area contributed by atoms with Crippen LogP contribution >= 0.6 is 0 Å². The summed E-state index contributed by atoms with van der Waals surface area (Å²) in [6.07, 6.45) is 2.88. The van der Waals surface area contributed by atoms with Crippen LogP contribution < -0.4 is 5.32 Å². The Balaban J connectivity index is 2.02. The van der Waals surface area contributed by atoms with Gasteiger partial charge in [0.2, 0.25) is 5.82 Å². The van der Waals surface area contributed by atoms with E-state index in [1.807, 2.05) is 0 Å². The molecule has 1 fully saturated rings. The first-order valence-corrected chi connectivity index (χ1v) is 5.85. The van der Waals surface area contributed by atoms with Crippen molar-refractivity contribution in [2.24, 2.45) is 0 Å². The molecule has 2 rings (SSSR count). The lowest BCUT2D eigenvalue weighted by atomic mass is 9.77. The third-order valence-electron chi connectivity index (χ3n) is 3.49. The number of nitro benzene ring substituents is 1. The Hall–Kier alpha value is -1.53. The third kappa shape index (κ3) is 2.49. The first-order chi connectivity index (χ1) is 8.56. The molecule has 1 aliphatic rings. The van der Waals surface area contributed by atoms with Gasteiger partial charge in [-0.3, -0.25) is 10.1 Å². The Bertz CT molecular complexity index is 455. The summed E-state index contributed by atoms with van der Waals surface area (Å²) in [4.78, 5) is 9.73. The molecule has 0 atom stereocenters. The van der Waals surface area contributed by atoms with Crippen molar-refractivity contribution in [3.63, 3.8) is 0 Å². The van der Waals surface area contributed by atoms with Gasteiger partial charge in [0.1, 0.15) is 0 Å². The highest BCUT2D eigenvalue weighted by Crippen LogP contribution is 2.31. The first-order valence-electron chi connectivity index (χ1n) is 5.85. The smallest absolute Gasteiger partial charge is 0.304 e. The molecule has 98 valence electrons. The third-order valence-corrected chi connectivity index (χ3v) is 3.49. The molecule has 2 N–H and O–H groups in total. The average molecular weight is 254 g/mol. The minimum absolute atomic E-state index is 0.0580. The number of nitrogens with one attached hydrogen (secondary N) is 1. The summed E-state index contributed by atoms with van der Waals surface area (Å²) in [6.45, 7) is 0.456. The van der Waals surface area contributed by atoms with E-state index in [1.165, 1.54) is 12.1 Å². The van der Waals surface area contributed by atoms with Crippen LogP contribution in [-0.2, 0) is 6.54 Å². The topological polar surface area (TPSA) is 75.4 Å². The van der Waals surface area contributed by atoms with Crippen molar-refractivity contribution in [3.05, 3.63) is 39.7 Å². The monoisotopic (exact) mass is 254 g/mol. The van der Waals surface area contributed by atoms with Crippen LogP contribution in [0.15, 0.2) is 18.2 Å². The molecule has 0 aliphatic heterocycles. The molecule has 0 radical (unpaired) electrons. The molecule has 1 aliphatic carbocycles. The molecule has 1 saturated carbocycles. The standard InChI is InChI=1S/C12H15FN2O3/c13-10-6-9(2-3-11(10)15(17)18)7-14-12(8-16)4-1-5-12/h2-3,6,14,16H,1,4-5,7-8H2. The number of nitro groups is 1. The summed E-state index contributed by atoms with van der Waals surface area (Å²) < 4.78 is 13.4. The van der Waals surface area contributed by atoms with Gasteiger partial charge in [0.15, 0.2) is 0 Å². The predicted octanol–water partition coefficient (Wildman–Crippen LogP) is 1.74. The number of hydrogen-bond donors (Lipinski definition) is 2. The zero-order valence-corrected chi connectivity index (χ0v) is 9.86. The summed E-state index contributed by atoms with van der Waals surface area (Å²) in [5, 5.41) is 22.9. The lowest BCUT2D eigenvalue weighted by Crippen LogP contribution is -2.53. The highest BCUT2D eigenvalue weighted by molar-refractivity contribution is 5.35. The van der Waals surface area contributed by atoms with E-state index in [4.69, 9.17) is 0 Å². The SMILES string of the molecule is O=[N+]([O-])c1ccc(CNC2(CO)CCC2)cc1F. The van der Waals surface area contributed by atoms with Gasteiger partial charge >= 0.3 is 5.69 Å². The van der Waals surface area contributed by atoms with Crippen molar-refractivity contribution in [3.8, 4) is 0 Å². The van der Waals surface area contributed by atoms with E-state index in [0.29, 0.717) is 12.1 Å². The van der Waals surface area contributed by atoms with E-state index in [-0.39, 0.29) is 12.1 Å². The number of aliphatic hydroxyl groups is 1. The number of rotatable bonds is 5. The zero-order chi connectivity index (χ0) is 13.2. The average Bonchev–Trinajstić information content (AvgIpc) is 2.27. The number of halogens is 1. The highest BCUT2D eigenvalue weighted by Gasteiger charge is 2.35. The summed E-state index contributed by atoms with van der Waals surface area (Å²) in [5.74, 6) is -0.828. The fourth-order valence-electron chi connectivity index (χ4n) is 2.09. The maximum Gasteiger partial charge on any atom is 0.304 e. The Labute approximate surface area is 104 Å². The number of aliphatic hydroxyl groups excluding tert-OH is 1. The van der Waals surface area contributed by atoms with Crippen LogP contribution in [0.5, 0.6) is 0 Å². The van der Waals surface area contributed by atoms with E-state index >= 15 is 0 Å². The van der Waals surface area contributed by atoms with Crippen molar-refractivity contribution in [2.75, 3.05) is 6.61 Å². The summed E-state index contributed by atoms with van der Waals surface area (Å²) in [5.41, 5.74) is -0.129. The second-order valence-corrected chi connectivity index (χ2v) is 4.69. The Morgan fingerprint density at radius 1 is 1.50 bits per heavy atom. The van der Waals surface area contributed by atoms with Crippen LogP contribution in [0.2, 0.25) is 0 Å². The Morgan fingerprint density at radius 3 is 2.67 bits per heavy atom. The lowest BCUT2D eigenvalue weighted by Gasteiger charge is -2.41. The van der Waals surface area contributed by atoms with Crippen molar-refractivity contribution < 1.29 is 14.4 Å². The predicted molar refractivity (Wildman–Crippen MR) is 63.6 cm³/mol. The molecular formula is C12H15FN2O3. The second-order valence-electron chi connectivity index (χ2n) is 4.69. The van der Waals surface area contributed by atoms with Gasteiger partial charge < -0.3 is 10.4 Å². The molecule has 0 unspecified atom stereocenters. The molecular weight excluding hydrogens is 239 g/mol. The summed E-state index contributed by atoms with van der Waals surface area (Å²) in [7, 11) is 0. The first kappa shape index (κ1) is 12.9. The van der Waals surface area contributed by atoms with E-state index in [2.05, 4.69) is 5.32 Å². The van der Waals surface area contributed by atoms with Gasteiger partial charge in [0, 0.05) is 18.2 Å². The molecule has 1 aromatic carbocycles. The van der Waals surface area contributed by atoms with Crippen molar-refractivity contribution in [1.29, 1.82) is 0 Å². The van der Waals surface area contributed by atoms with Crippen LogP contribution in [0.4, 0.5) is 10.1 Å². The van der Waals surface area contributed by atoms with Crippen LogP contribution in [-0.4, -0.2) is 22.2 Å². The summed E-state index contributed by atoms with van der Waals surface area (Å²) in [6, 6.07) is 3.85. The van der Waals surface area contributed by atoms with Crippen molar-refractivity contribution in [2.45, 2.75) is 31.3 Å². The number of hydrogen-bond acceptors (Lipinski definition) is 4. The van der Waals surface area contributed by atoms with Gasteiger partial charge in [0.25, 0.3) is 0 Å². The van der Waals surface area contributed by atoms with E-state index in [0.717, 1.165) is 25.3 Å². The fourth-order valence-corrected chi connectivity index (χ4v) is 2.09. The summed E-state index contributed by atoms with van der Waals surface area (Å²) >= 11 is 0. The number of nitrogens with zero attached hydrogens (tertiary/aromatic N) is 1. The largest absolute Gasteiger partial charge is 0.394 e. The highest BCUT2D eigenvalue weighted by atomic mass is 19.1. The minimum Gasteiger partial charge on any atom is -0.394 e. The maximum atomic E-state index is 13.4. The second kappa shape index (κ2) is 4.99. The van der Waals surface area contributed by atoms with E-state index < -0.39 is 16.4 Å². The number of benzene rings is 1. The Morgan fingerprint density at radius 2 is 2.22 bits per heavy atom. The van der Waals surface area contributed by atoms with Crippen LogP contribution in [0, 0.1) is 15.9 Å². The molecule has 0 heterocycles. The lowest BCUT2D eigenvalue weighted by molar-refractivity contribution is -0.387. The fraction of sp³-hybridized carbons (Fsp3) is 0.500. The van der Waals surface area contributed by atoms with E-state index in [9.17, 15) is 19.6 Å². The zero-order valence-electron chi connectivity index (χ0n) is 9.86. The van der Waals surface area contributed by atoms with Crippen LogP contribution in [0.3, 0.4) is 0 Å². The van der Waals surface area contributed by atoms with Gasteiger partial charge in [-0.15, -0.1) is 0 Å².